The van der Waals surface area contributed by atoms with Gasteiger partial charge < -0.3 is 19.9 Å². The van der Waals surface area contributed by atoms with Gasteiger partial charge in [-0.25, -0.2) is 0 Å². The second-order valence-corrected chi connectivity index (χ2v) is 9.78. The fraction of sp³-hybridized carbons (Fsp3) is 0.536. The molecule has 5 nitrogen and oxygen atoms in total. The molecule has 2 aliphatic rings. The normalized spacial score (nSPS) is 21.1. The molecule has 5 heteroatoms. The van der Waals surface area contributed by atoms with Gasteiger partial charge in [-0.3, -0.25) is 4.79 Å². The fourth-order valence-electron chi connectivity index (χ4n) is 5.16. The van der Waals surface area contributed by atoms with Crippen molar-refractivity contribution in [2.75, 3.05) is 39.8 Å². The molecule has 0 aliphatic carbocycles. The number of ether oxygens (including phenoxy) is 1. The minimum Gasteiger partial charge on any atom is -0.490 e. The lowest BCUT2D eigenvalue weighted by Crippen LogP contribution is -2.39. The quantitative estimate of drug-likeness (QED) is 0.610. The van der Waals surface area contributed by atoms with Crippen molar-refractivity contribution >= 4 is 5.91 Å². The van der Waals surface area contributed by atoms with E-state index >= 15 is 0 Å². The first-order chi connectivity index (χ1) is 16.1. The largest absolute Gasteiger partial charge is 0.490 e. The minimum atomic E-state index is 0.00282. The Morgan fingerprint density at radius 3 is 2.42 bits per heavy atom. The van der Waals surface area contributed by atoms with Crippen molar-refractivity contribution in [2.24, 2.45) is 0 Å². The van der Waals surface area contributed by atoms with Crippen LogP contribution in [0, 0.1) is 0 Å². The molecule has 2 unspecified atom stereocenters. The lowest BCUT2D eigenvalue weighted by Gasteiger charge is -2.33. The molecule has 2 saturated heterocycles. The summed E-state index contributed by atoms with van der Waals surface area (Å²) in [6, 6.07) is 19.0. The van der Waals surface area contributed by atoms with Crippen LogP contribution in [0.3, 0.4) is 0 Å². The van der Waals surface area contributed by atoms with Gasteiger partial charge in [0, 0.05) is 37.8 Å². The van der Waals surface area contributed by atoms with Gasteiger partial charge in [-0.2, -0.15) is 0 Å². The highest BCUT2D eigenvalue weighted by atomic mass is 16.5. The molecule has 2 aliphatic heterocycles. The number of nitrogens with one attached hydrogen (secondary N) is 1. The monoisotopic (exact) mass is 449 g/mol. The summed E-state index contributed by atoms with van der Waals surface area (Å²) in [4.78, 5) is 17.4. The molecule has 33 heavy (non-hydrogen) atoms. The minimum absolute atomic E-state index is 0.00282. The summed E-state index contributed by atoms with van der Waals surface area (Å²) in [6.07, 6.45) is 5.85. The first kappa shape index (κ1) is 23.8. The summed E-state index contributed by atoms with van der Waals surface area (Å²) in [7, 11) is 2.17. The number of nitrogens with zero attached hydrogens (tertiary/aromatic N) is 2. The molecule has 2 fully saturated rings. The Morgan fingerprint density at radius 1 is 1.03 bits per heavy atom. The lowest BCUT2D eigenvalue weighted by atomic mass is 9.99. The third-order valence-corrected chi connectivity index (χ3v) is 7.29. The highest BCUT2D eigenvalue weighted by Gasteiger charge is 2.23. The second-order valence-electron chi connectivity index (χ2n) is 9.78. The van der Waals surface area contributed by atoms with Crippen LogP contribution >= 0.6 is 0 Å². The molecule has 0 spiro atoms. The Hall–Kier alpha value is -2.37. The number of hydrogen-bond donors (Lipinski definition) is 1. The first-order valence-corrected chi connectivity index (χ1v) is 12.6. The first-order valence-electron chi connectivity index (χ1n) is 12.6. The molecule has 2 aromatic carbocycles. The summed E-state index contributed by atoms with van der Waals surface area (Å²) in [5.74, 6) is 1.40. The summed E-state index contributed by atoms with van der Waals surface area (Å²) in [6.45, 7) is 7.44. The number of piperidine rings is 1. The molecular weight excluding hydrogens is 410 g/mol. The van der Waals surface area contributed by atoms with Crippen LogP contribution in [0.25, 0.3) is 0 Å². The van der Waals surface area contributed by atoms with E-state index in [0.717, 1.165) is 51.2 Å². The highest BCUT2D eigenvalue weighted by Crippen LogP contribution is 2.23. The molecule has 4 rings (SSSR count). The van der Waals surface area contributed by atoms with Crippen LogP contribution in [0.15, 0.2) is 54.6 Å². The average molecular weight is 450 g/mol. The van der Waals surface area contributed by atoms with E-state index in [9.17, 15) is 4.79 Å². The van der Waals surface area contributed by atoms with Gasteiger partial charge in [0.1, 0.15) is 11.9 Å². The van der Waals surface area contributed by atoms with Crippen molar-refractivity contribution in [3.63, 3.8) is 0 Å². The number of hydrogen-bond acceptors (Lipinski definition) is 4. The molecule has 0 bridgehead atoms. The zero-order valence-corrected chi connectivity index (χ0v) is 20.2. The van der Waals surface area contributed by atoms with Crippen LogP contribution in [0.2, 0.25) is 0 Å². The Labute approximate surface area is 199 Å². The molecule has 0 aromatic heterocycles. The predicted octanol–water partition coefficient (Wildman–Crippen LogP) is 4.55. The van der Waals surface area contributed by atoms with Crippen molar-refractivity contribution in [3.8, 4) is 5.75 Å². The topological polar surface area (TPSA) is 44.8 Å². The Morgan fingerprint density at radius 2 is 1.76 bits per heavy atom. The van der Waals surface area contributed by atoms with Gasteiger partial charge in [0.25, 0.3) is 5.91 Å². The molecular formula is C28H39N3O2. The fourth-order valence-corrected chi connectivity index (χ4v) is 5.16. The number of rotatable bonds is 9. The van der Waals surface area contributed by atoms with E-state index in [0.29, 0.717) is 17.5 Å². The van der Waals surface area contributed by atoms with Gasteiger partial charge in [-0.05, 0) is 81.4 Å². The van der Waals surface area contributed by atoms with E-state index in [2.05, 4.69) is 59.4 Å². The summed E-state index contributed by atoms with van der Waals surface area (Å²) in [5.41, 5.74) is 2.11. The molecule has 1 N–H and O–H groups in total. The molecule has 178 valence electrons. The zero-order valence-electron chi connectivity index (χ0n) is 20.2. The van der Waals surface area contributed by atoms with Crippen LogP contribution in [0.4, 0.5) is 0 Å². The van der Waals surface area contributed by atoms with E-state index in [4.69, 9.17) is 4.74 Å². The van der Waals surface area contributed by atoms with Crippen molar-refractivity contribution in [1.29, 1.82) is 0 Å². The SMILES string of the molecule is CC(CN1CCC(Oc2ccc(C(=O)NCCC3CCCN3C)cc2)CC1)c1ccccc1. The van der Waals surface area contributed by atoms with Gasteiger partial charge in [0.05, 0.1) is 0 Å². The van der Waals surface area contributed by atoms with Crippen LogP contribution in [0.5, 0.6) is 5.75 Å². The van der Waals surface area contributed by atoms with Crippen LogP contribution < -0.4 is 10.1 Å². The van der Waals surface area contributed by atoms with Crippen LogP contribution in [-0.4, -0.2) is 67.6 Å². The van der Waals surface area contributed by atoms with Crippen LogP contribution in [0.1, 0.15) is 60.9 Å². The van der Waals surface area contributed by atoms with Gasteiger partial charge in [0.2, 0.25) is 0 Å². The molecule has 0 radical (unpaired) electrons. The van der Waals surface area contributed by atoms with E-state index in [1.54, 1.807) is 0 Å². The van der Waals surface area contributed by atoms with Crippen molar-refractivity contribution in [1.82, 2.24) is 15.1 Å². The number of benzene rings is 2. The number of carbonyl (C=O) groups excluding carboxylic acids is 1. The lowest BCUT2D eigenvalue weighted by molar-refractivity contribution is 0.0948. The summed E-state index contributed by atoms with van der Waals surface area (Å²) >= 11 is 0. The molecule has 2 atom stereocenters. The maximum Gasteiger partial charge on any atom is 0.251 e. The Bertz CT molecular complexity index is 862. The number of likely N-dealkylation sites (tertiary alicyclic amines) is 2. The van der Waals surface area contributed by atoms with Gasteiger partial charge in [-0.1, -0.05) is 37.3 Å². The van der Waals surface area contributed by atoms with Gasteiger partial charge >= 0.3 is 0 Å². The summed E-state index contributed by atoms with van der Waals surface area (Å²) in [5, 5.41) is 3.07. The molecule has 0 saturated carbocycles. The van der Waals surface area contributed by atoms with E-state index in [1.165, 1.54) is 24.9 Å². The Balaban J connectivity index is 1.17. The maximum absolute atomic E-state index is 12.5. The van der Waals surface area contributed by atoms with Crippen molar-refractivity contribution < 1.29 is 9.53 Å². The second kappa shape index (κ2) is 11.7. The third kappa shape index (κ3) is 6.81. The van der Waals surface area contributed by atoms with Gasteiger partial charge in [0.15, 0.2) is 0 Å². The van der Waals surface area contributed by atoms with Gasteiger partial charge in [-0.15, -0.1) is 0 Å². The summed E-state index contributed by atoms with van der Waals surface area (Å²) < 4.78 is 6.22. The average Bonchev–Trinajstić information content (AvgIpc) is 3.26. The molecule has 2 heterocycles. The third-order valence-electron chi connectivity index (χ3n) is 7.29. The van der Waals surface area contributed by atoms with Crippen molar-refractivity contribution in [3.05, 3.63) is 65.7 Å². The maximum atomic E-state index is 12.5. The standard InChI is InChI=1S/C28H39N3O2/c1-22(23-7-4-3-5-8-23)21-31-19-15-27(16-20-31)33-26-12-10-24(11-13-26)28(32)29-17-14-25-9-6-18-30(25)2/h3-5,7-8,10-13,22,25,27H,6,9,14-21H2,1-2H3,(H,29,32). The van der Waals surface area contributed by atoms with E-state index < -0.39 is 0 Å². The molecule has 1 amide bonds. The molecule has 2 aromatic rings. The van der Waals surface area contributed by atoms with E-state index in [-0.39, 0.29) is 12.0 Å². The van der Waals surface area contributed by atoms with Crippen molar-refractivity contribution in [2.45, 2.75) is 57.1 Å². The zero-order chi connectivity index (χ0) is 23.0. The highest BCUT2D eigenvalue weighted by molar-refractivity contribution is 5.94. The smallest absolute Gasteiger partial charge is 0.251 e. The Kier molecular flexibility index (Phi) is 8.40. The predicted molar refractivity (Wildman–Crippen MR) is 134 cm³/mol. The van der Waals surface area contributed by atoms with E-state index in [1.807, 2.05) is 24.3 Å². The number of amides is 1. The number of carbonyl (C=O) groups is 1. The van der Waals surface area contributed by atoms with Crippen LogP contribution in [-0.2, 0) is 0 Å².